The molecule has 0 unspecified atom stereocenters. The van der Waals surface area contributed by atoms with Crippen LogP contribution < -0.4 is 17.0 Å². The van der Waals surface area contributed by atoms with E-state index in [-0.39, 0.29) is 17.0 Å². The van der Waals surface area contributed by atoms with Gasteiger partial charge in [-0.25, -0.2) is 0 Å². The van der Waals surface area contributed by atoms with Gasteiger partial charge in [-0.2, -0.15) is 0 Å². The van der Waals surface area contributed by atoms with E-state index in [1.807, 2.05) is 6.07 Å². The second-order valence-corrected chi connectivity index (χ2v) is 4.26. The van der Waals surface area contributed by atoms with Crippen LogP contribution in [0.5, 0.6) is 0 Å². The van der Waals surface area contributed by atoms with Crippen LogP contribution in [0.2, 0.25) is 0 Å². The van der Waals surface area contributed by atoms with Gasteiger partial charge < -0.3 is 17.0 Å². The Hall–Kier alpha value is -0.250. The molecule has 0 saturated heterocycles. The molecule has 1 heterocycles. The molecule has 0 atom stereocenters. The van der Waals surface area contributed by atoms with E-state index in [4.69, 9.17) is 0 Å². The Morgan fingerprint density at radius 3 is 2.33 bits per heavy atom. The van der Waals surface area contributed by atoms with Crippen molar-refractivity contribution in [3.63, 3.8) is 0 Å². The number of halogens is 1. The van der Waals surface area contributed by atoms with Crippen molar-refractivity contribution in [3.05, 3.63) is 41.1 Å². The van der Waals surface area contributed by atoms with Crippen molar-refractivity contribution in [3.8, 4) is 11.1 Å². The third-order valence-electron chi connectivity index (χ3n) is 1.51. The first-order chi connectivity index (χ1) is 5.47. The summed E-state index contributed by atoms with van der Waals surface area (Å²) in [5.74, 6) is 0. The molecule has 3 heteroatoms. The summed E-state index contributed by atoms with van der Waals surface area (Å²) in [4.78, 5) is 0. The fourth-order valence-electron chi connectivity index (χ4n) is 0.954. The summed E-state index contributed by atoms with van der Waals surface area (Å²) in [6, 6.07) is 10.4. The first-order valence-electron chi connectivity index (χ1n) is 3.38. The lowest BCUT2D eigenvalue weighted by atomic mass is 10.1. The number of rotatable bonds is 1. The maximum Gasteiger partial charge on any atom is 0.292 e. The maximum absolute atomic E-state index is 2.18. The van der Waals surface area contributed by atoms with Crippen molar-refractivity contribution in [2.24, 2.45) is 0 Å². The zero-order valence-electron chi connectivity index (χ0n) is 6.24. The summed E-state index contributed by atoms with van der Waals surface area (Å²) in [6.07, 6.45) is 0. The molecule has 0 aliphatic heterocycles. The fraction of sp³-hybridized carbons (Fsp3) is 0. The zero-order chi connectivity index (χ0) is 7.52. The molecule has 2 rings (SSSR count). The van der Waals surface area contributed by atoms with Crippen LogP contribution in [-0.4, -0.2) is 0 Å². The van der Waals surface area contributed by atoms with Gasteiger partial charge in [0.15, 0.2) is 10.3 Å². The summed E-state index contributed by atoms with van der Waals surface area (Å²) in [5, 5.41) is 4.36. The lowest BCUT2D eigenvalue weighted by molar-refractivity contribution is -0.00000198. The van der Waals surface area contributed by atoms with Crippen LogP contribution in [-0.2, 0) is 0 Å². The van der Waals surface area contributed by atoms with Crippen molar-refractivity contribution >= 4 is 20.7 Å². The van der Waals surface area contributed by atoms with Crippen LogP contribution >= 0.6 is 20.7 Å². The minimum absolute atomic E-state index is 0. The molecule has 0 amide bonds. The van der Waals surface area contributed by atoms with Gasteiger partial charge in [0.2, 0.25) is 5.38 Å². The van der Waals surface area contributed by atoms with Crippen molar-refractivity contribution < 1.29 is 17.0 Å². The molecule has 0 nitrogen and oxygen atoms in total. The molecule has 12 heavy (non-hydrogen) atoms. The van der Waals surface area contributed by atoms with E-state index in [0.717, 1.165) is 0 Å². The third kappa shape index (κ3) is 2.12. The SMILES string of the molecule is [Br-].c1ccc(-c2cs[s+]c2)cc1. The Morgan fingerprint density at radius 1 is 1.00 bits per heavy atom. The molecule has 0 aliphatic rings. The van der Waals surface area contributed by atoms with Crippen LogP contribution in [0, 0.1) is 0 Å². The lowest BCUT2D eigenvalue weighted by Gasteiger charge is -1.90. The average molecular weight is 259 g/mol. The molecular formula is C9H7BrS2. The number of benzene rings is 1. The molecule has 0 radical (unpaired) electrons. The molecular weight excluding hydrogens is 252 g/mol. The van der Waals surface area contributed by atoms with Gasteiger partial charge in [-0.05, 0) is 5.56 Å². The first kappa shape index (κ1) is 9.84. The molecule has 62 valence electrons. The van der Waals surface area contributed by atoms with Crippen molar-refractivity contribution in [2.75, 3.05) is 0 Å². The van der Waals surface area contributed by atoms with Gasteiger partial charge in [-0.1, -0.05) is 30.3 Å². The molecule has 0 N–H and O–H groups in total. The normalized spacial score (nSPS) is 9.00. The van der Waals surface area contributed by atoms with Gasteiger partial charge >= 0.3 is 0 Å². The predicted molar refractivity (Wildman–Crippen MR) is 52.0 cm³/mol. The molecule has 1 aromatic heterocycles. The van der Waals surface area contributed by atoms with E-state index < -0.39 is 0 Å². The third-order valence-corrected chi connectivity index (χ3v) is 3.23. The fourth-order valence-corrected chi connectivity index (χ4v) is 2.72. The second kappa shape index (κ2) is 4.70. The summed E-state index contributed by atoms with van der Waals surface area (Å²) in [7, 11) is 3.55. The highest BCUT2D eigenvalue weighted by atomic mass is 79.9. The maximum atomic E-state index is 2.18. The quantitative estimate of drug-likeness (QED) is 0.524. The van der Waals surface area contributed by atoms with Crippen LogP contribution in [0.4, 0.5) is 0 Å². The van der Waals surface area contributed by atoms with E-state index >= 15 is 0 Å². The summed E-state index contributed by atoms with van der Waals surface area (Å²) < 4.78 is 0. The molecule has 0 aliphatic carbocycles. The van der Waals surface area contributed by atoms with Gasteiger partial charge in [0.05, 0.1) is 10.9 Å². The van der Waals surface area contributed by atoms with Gasteiger partial charge in [-0.3, -0.25) is 0 Å². The molecule has 1 aromatic carbocycles. The minimum Gasteiger partial charge on any atom is -1.00 e. The second-order valence-electron chi connectivity index (χ2n) is 2.25. The van der Waals surface area contributed by atoms with Crippen molar-refractivity contribution in [1.82, 2.24) is 0 Å². The molecule has 0 spiro atoms. The predicted octanol–water partition coefficient (Wildman–Crippen LogP) is 0.762. The Bertz CT molecular complexity index is 316. The van der Waals surface area contributed by atoms with Crippen molar-refractivity contribution in [2.45, 2.75) is 0 Å². The zero-order valence-corrected chi connectivity index (χ0v) is 9.45. The van der Waals surface area contributed by atoms with Gasteiger partial charge in [-0.15, -0.1) is 0 Å². The van der Waals surface area contributed by atoms with Crippen molar-refractivity contribution in [1.29, 1.82) is 0 Å². The Kier molecular flexibility index (Phi) is 3.85. The Morgan fingerprint density at radius 2 is 1.75 bits per heavy atom. The molecule has 0 bridgehead atoms. The molecule has 2 aromatic rings. The lowest BCUT2D eigenvalue weighted by Crippen LogP contribution is -3.00. The van der Waals surface area contributed by atoms with Gasteiger partial charge in [0.1, 0.15) is 0 Å². The van der Waals surface area contributed by atoms with E-state index in [0.29, 0.717) is 0 Å². The van der Waals surface area contributed by atoms with E-state index in [2.05, 4.69) is 35.0 Å². The molecule has 0 fully saturated rings. The largest absolute Gasteiger partial charge is 1.00 e. The first-order valence-corrected chi connectivity index (χ1v) is 5.65. The highest BCUT2D eigenvalue weighted by Crippen LogP contribution is 2.24. The smallest absolute Gasteiger partial charge is 0.292 e. The highest BCUT2D eigenvalue weighted by molar-refractivity contribution is 7.68. The Labute approximate surface area is 89.7 Å². The van der Waals surface area contributed by atoms with E-state index in [1.165, 1.54) is 11.1 Å². The Balaban J connectivity index is 0.000000720. The average Bonchev–Trinajstić information content (AvgIpc) is 2.58. The van der Waals surface area contributed by atoms with Crippen LogP contribution in [0.3, 0.4) is 0 Å². The monoisotopic (exact) mass is 258 g/mol. The topological polar surface area (TPSA) is 0 Å². The van der Waals surface area contributed by atoms with Gasteiger partial charge in [0, 0.05) is 0 Å². The highest BCUT2D eigenvalue weighted by Gasteiger charge is 2.02. The summed E-state index contributed by atoms with van der Waals surface area (Å²) in [6.45, 7) is 0. The van der Waals surface area contributed by atoms with Crippen LogP contribution in [0.1, 0.15) is 0 Å². The standard InChI is InChI=1S/C9H7S2.BrH/c1-2-4-8(5-3-1)9-6-10-11-7-9;/h1-7H;1H/q+1;/p-1. The molecule has 0 saturated carbocycles. The number of hydrogen-bond acceptors (Lipinski definition) is 1. The van der Waals surface area contributed by atoms with Gasteiger partial charge in [0.25, 0.3) is 10.3 Å². The van der Waals surface area contributed by atoms with Crippen LogP contribution in [0.15, 0.2) is 41.1 Å². The number of hydrogen-bond donors (Lipinski definition) is 0. The van der Waals surface area contributed by atoms with Crippen LogP contribution in [0.25, 0.3) is 11.1 Å². The summed E-state index contributed by atoms with van der Waals surface area (Å²) in [5.41, 5.74) is 2.64. The van der Waals surface area contributed by atoms with E-state index in [9.17, 15) is 0 Å². The minimum atomic E-state index is 0. The van der Waals surface area contributed by atoms with E-state index in [1.54, 1.807) is 20.7 Å². The summed E-state index contributed by atoms with van der Waals surface area (Å²) >= 11 is 0.